The lowest BCUT2D eigenvalue weighted by molar-refractivity contribution is 0.719. The van der Waals surface area contributed by atoms with Gasteiger partial charge in [0, 0.05) is 24.8 Å². The fraction of sp³-hybridized carbons (Fsp3) is 0.364. The van der Waals surface area contributed by atoms with Crippen LogP contribution in [0, 0.1) is 0 Å². The van der Waals surface area contributed by atoms with E-state index in [0.717, 1.165) is 0 Å². The zero-order valence-electron chi connectivity index (χ0n) is 9.33. The normalized spacial score (nSPS) is 14.9. The summed E-state index contributed by atoms with van der Waals surface area (Å²) < 4.78 is 3.12. The molecule has 0 saturated heterocycles. The second-order valence-electron chi connectivity index (χ2n) is 3.78. The third-order valence-corrected chi connectivity index (χ3v) is 4.83. The summed E-state index contributed by atoms with van der Waals surface area (Å²) in [5.74, 6) is 0. The Kier molecular flexibility index (Phi) is 3.68. The van der Waals surface area contributed by atoms with E-state index in [-0.39, 0.29) is 11.3 Å². The van der Waals surface area contributed by atoms with Crippen LogP contribution in [-0.2, 0) is 7.05 Å². The molecular formula is C11H15N3S2. The van der Waals surface area contributed by atoms with Gasteiger partial charge in [-0.15, -0.1) is 23.1 Å². The molecule has 2 atom stereocenters. The Balaban J connectivity index is 2.18. The first-order chi connectivity index (χ1) is 7.66. The van der Waals surface area contributed by atoms with Crippen molar-refractivity contribution in [3.05, 3.63) is 35.5 Å². The van der Waals surface area contributed by atoms with Crippen molar-refractivity contribution in [3.8, 4) is 0 Å². The Hall–Kier alpha value is -0.780. The molecule has 2 heterocycles. The summed E-state index contributed by atoms with van der Waals surface area (Å²) in [5.41, 5.74) is 7.23. The Bertz CT molecular complexity index is 434. The number of thiophene rings is 1. The summed E-state index contributed by atoms with van der Waals surface area (Å²) in [5, 5.41) is 6.56. The summed E-state index contributed by atoms with van der Waals surface area (Å²) >= 11 is 3.56. The van der Waals surface area contributed by atoms with Crippen LogP contribution in [0.25, 0.3) is 0 Å². The molecule has 0 fully saturated rings. The molecule has 0 aliphatic heterocycles. The van der Waals surface area contributed by atoms with Crippen LogP contribution < -0.4 is 5.73 Å². The predicted octanol–water partition coefficient (Wildman–Crippen LogP) is 2.66. The fourth-order valence-corrected chi connectivity index (χ4v) is 3.55. The molecular weight excluding hydrogens is 238 g/mol. The monoisotopic (exact) mass is 253 g/mol. The van der Waals surface area contributed by atoms with Gasteiger partial charge in [-0.3, -0.25) is 4.68 Å². The highest BCUT2D eigenvalue weighted by atomic mass is 32.2. The van der Waals surface area contributed by atoms with Crippen molar-refractivity contribution < 1.29 is 0 Å². The second-order valence-corrected chi connectivity index (χ2v) is 6.17. The molecule has 2 aromatic rings. The van der Waals surface area contributed by atoms with Gasteiger partial charge in [-0.1, -0.05) is 6.07 Å². The summed E-state index contributed by atoms with van der Waals surface area (Å²) in [6, 6.07) is 4.30. The van der Waals surface area contributed by atoms with Crippen molar-refractivity contribution in [2.24, 2.45) is 12.8 Å². The summed E-state index contributed by atoms with van der Waals surface area (Å²) in [6.07, 6.45) is 3.93. The van der Waals surface area contributed by atoms with E-state index in [4.69, 9.17) is 5.73 Å². The molecule has 0 saturated carbocycles. The average molecular weight is 253 g/mol. The zero-order chi connectivity index (χ0) is 11.5. The fourth-order valence-electron chi connectivity index (χ4n) is 1.52. The zero-order valence-corrected chi connectivity index (χ0v) is 11.0. The first kappa shape index (κ1) is 11.7. The van der Waals surface area contributed by atoms with Crippen LogP contribution in [0.2, 0.25) is 0 Å². The van der Waals surface area contributed by atoms with Crippen molar-refractivity contribution in [1.29, 1.82) is 0 Å². The Morgan fingerprint density at radius 2 is 2.38 bits per heavy atom. The maximum absolute atomic E-state index is 6.04. The third kappa shape index (κ3) is 2.66. The van der Waals surface area contributed by atoms with Crippen molar-refractivity contribution in [2.75, 3.05) is 0 Å². The lowest BCUT2D eigenvalue weighted by atomic mass is 10.1. The van der Waals surface area contributed by atoms with Crippen LogP contribution in [0.5, 0.6) is 0 Å². The van der Waals surface area contributed by atoms with Gasteiger partial charge in [-0.2, -0.15) is 5.10 Å². The van der Waals surface area contributed by atoms with Crippen LogP contribution in [0.1, 0.15) is 17.7 Å². The standard InChI is InChI=1S/C11H15N3S2/c1-8(12)11(9-6-13-14(2)7-9)16-10-4-3-5-15-10/h3-8,11H,12H2,1-2H3. The molecule has 2 rings (SSSR count). The maximum atomic E-state index is 6.04. The predicted molar refractivity (Wildman–Crippen MR) is 69.8 cm³/mol. The van der Waals surface area contributed by atoms with E-state index in [1.807, 2.05) is 42.8 Å². The highest BCUT2D eigenvalue weighted by Gasteiger charge is 2.19. The number of thioether (sulfide) groups is 1. The number of aromatic nitrogens is 2. The number of nitrogens with zero attached hydrogens (tertiary/aromatic N) is 2. The lowest BCUT2D eigenvalue weighted by Gasteiger charge is -2.17. The van der Waals surface area contributed by atoms with Gasteiger partial charge in [0.15, 0.2) is 0 Å². The molecule has 0 aromatic carbocycles. The van der Waals surface area contributed by atoms with Crippen molar-refractivity contribution in [2.45, 2.75) is 22.4 Å². The van der Waals surface area contributed by atoms with E-state index in [1.165, 1.54) is 9.77 Å². The highest BCUT2D eigenvalue weighted by molar-refractivity contribution is 8.01. The molecule has 0 aliphatic rings. The van der Waals surface area contributed by atoms with Gasteiger partial charge in [0.05, 0.1) is 15.7 Å². The SMILES string of the molecule is CC(N)C(Sc1cccs1)c1cnn(C)c1. The van der Waals surface area contributed by atoms with Gasteiger partial charge >= 0.3 is 0 Å². The van der Waals surface area contributed by atoms with E-state index in [1.54, 1.807) is 11.3 Å². The molecule has 0 bridgehead atoms. The first-order valence-corrected chi connectivity index (χ1v) is 6.87. The van der Waals surface area contributed by atoms with Gasteiger partial charge in [0.25, 0.3) is 0 Å². The molecule has 0 radical (unpaired) electrons. The van der Waals surface area contributed by atoms with Crippen LogP contribution in [0.4, 0.5) is 0 Å². The van der Waals surface area contributed by atoms with Crippen LogP contribution in [0.15, 0.2) is 34.1 Å². The number of hydrogen-bond donors (Lipinski definition) is 1. The second kappa shape index (κ2) is 5.03. The van der Waals surface area contributed by atoms with Gasteiger partial charge in [0.2, 0.25) is 0 Å². The molecule has 2 unspecified atom stereocenters. The van der Waals surface area contributed by atoms with E-state index in [0.29, 0.717) is 0 Å². The molecule has 3 nitrogen and oxygen atoms in total. The first-order valence-electron chi connectivity index (χ1n) is 5.11. The van der Waals surface area contributed by atoms with Crippen molar-refractivity contribution in [3.63, 3.8) is 0 Å². The Morgan fingerprint density at radius 1 is 1.56 bits per heavy atom. The average Bonchev–Trinajstić information content (AvgIpc) is 2.84. The quantitative estimate of drug-likeness (QED) is 0.852. The van der Waals surface area contributed by atoms with E-state index >= 15 is 0 Å². The molecule has 0 amide bonds. The number of nitrogens with two attached hydrogens (primary N) is 1. The molecule has 16 heavy (non-hydrogen) atoms. The van der Waals surface area contributed by atoms with Crippen LogP contribution in [-0.4, -0.2) is 15.8 Å². The molecule has 5 heteroatoms. The Labute approximate surface area is 104 Å². The van der Waals surface area contributed by atoms with E-state index in [9.17, 15) is 0 Å². The van der Waals surface area contributed by atoms with Crippen molar-refractivity contribution >= 4 is 23.1 Å². The van der Waals surface area contributed by atoms with Gasteiger partial charge < -0.3 is 5.73 Å². The molecule has 2 aromatic heterocycles. The van der Waals surface area contributed by atoms with Gasteiger partial charge in [-0.05, 0) is 18.4 Å². The molecule has 86 valence electrons. The summed E-state index contributed by atoms with van der Waals surface area (Å²) in [6.45, 7) is 2.04. The third-order valence-electron chi connectivity index (χ3n) is 2.27. The largest absolute Gasteiger partial charge is 0.327 e. The van der Waals surface area contributed by atoms with Crippen LogP contribution >= 0.6 is 23.1 Å². The number of rotatable bonds is 4. The number of hydrogen-bond acceptors (Lipinski definition) is 4. The molecule has 0 aliphatic carbocycles. The van der Waals surface area contributed by atoms with Crippen LogP contribution in [0.3, 0.4) is 0 Å². The van der Waals surface area contributed by atoms with E-state index < -0.39 is 0 Å². The Morgan fingerprint density at radius 3 is 2.88 bits per heavy atom. The summed E-state index contributed by atoms with van der Waals surface area (Å²) in [4.78, 5) is 0. The highest BCUT2D eigenvalue weighted by Crippen LogP contribution is 2.38. The lowest BCUT2D eigenvalue weighted by Crippen LogP contribution is -2.22. The molecule has 0 spiro atoms. The molecule has 2 N–H and O–H groups in total. The maximum Gasteiger partial charge on any atom is 0.0605 e. The van der Waals surface area contributed by atoms with Crippen molar-refractivity contribution in [1.82, 2.24) is 9.78 Å². The van der Waals surface area contributed by atoms with E-state index in [2.05, 4.69) is 22.6 Å². The number of aryl methyl sites for hydroxylation is 1. The minimum absolute atomic E-state index is 0.108. The topological polar surface area (TPSA) is 43.8 Å². The van der Waals surface area contributed by atoms with Gasteiger partial charge in [-0.25, -0.2) is 0 Å². The van der Waals surface area contributed by atoms with Gasteiger partial charge in [0.1, 0.15) is 0 Å². The smallest absolute Gasteiger partial charge is 0.0605 e. The summed E-state index contributed by atoms with van der Waals surface area (Å²) in [7, 11) is 1.93. The minimum atomic E-state index is 0.108. The minimum Gasteiger partial charge on any atom is -0.327 e.